The molecule has 0 aliphatic heterocycles. The predicted molar refractivity (Wildman–Crippen MR) is 169 cm³/mol. The molecule has 8 heteroatoms. The van der Waals surface area contributed by atoms with Gasteiger partial charge in [-0.15, -0.1) is 0 Å². The molecule has 224 valence electrons. The quantitative estimate of drug-likeness (QED) is 0.164. The number of para-hydroxylation sites is 1. The Kier molecular flexibility index (Phi) is 7.98. The molecule has 6 aromatic rings. The Labute approximate surface area is 255 Å². The first-order valence-electron chi connectivity index (χ1n) is 14.5. The van der Waals surface area contributed by atoms with E-state index in [1.165, 1.54) is 0 Å². The zero-order chi connectivity index (χ0) is 30.8. The molecule has 0 aliphatic carbocycles. The summed E-state index contributed by atoms with van der Waals surface area (Å²) in [4.78, 5) is 16.6. The number of benzene rings is 4. The van der Waals surface area contributed by atoms with Crippen molar-refractivity contribution in [2.45, 2.75) is 40.0 Å². The summed E-state index contributed by atoms with van der Waals surface area (Å²) in [7, 11) is 1.62. The van der Waals surface area contributed by atoms with Gasteiger partial charge in [0.2, 0.25) is 5.89 Å². The van der Waals surface area contributed by atoms with E-state index in [4.69, 9.17) is 18.6 Å². The second-order valence-electron chi connectivity index (χ2n) is 11.0. The Hall–Kier alpha value is -5.24. The van der Waals surface area contributed by atoms with Crippen LogP contribution in [0.1, 0.15) is 30.9 Å². The average Bonchev–Trinajstić information content (AvgIpc) is 3.57. The Morgan fingerprint density at radius 1 is 0.909 bits per heavy atom. The number of carboxylic acid groups (broad SMARTS) is 1. The molecule has 0 fully saturated rings. The molecule has 0 saturated heterocycles. The molecule has 2 heterocycles. The largest absolute Gasteiger partial charge is 0.493 e. The molecule has 1 unspecified atom stereocenters. The molecule has 0 amide bonds. The molecule has 0 radical (unpaired) electrons. The smallest absolute Gasteiger partial charge is 0.345 e. The molecule has 0 saturated carbocycles. The van der Waals surface area contributed by atoms with Crippen LogP contribution in [0.15, 0.2) is 95.4 Å². The lowest BCUT2D eigenvalue weighted by Crippen LogP contribution is -2.32. The highest BCUT2D eigenvalue weighted by Gasteiger charge is 2.25. The number of fused-ring (bicyclic) bond motifs is 3. The van der Waals surface area contributed by atoms with Crippen molar-refractivity contribution in [3.8, 4) is 28.7 Å². The van der Waals surface area contributed by atoms with Gasteiger partial charge < -0.3 is 28.3 Å². The van der Waals surface area contributed by atoms with Crippen molar-refractivity contribution < 1.29 is 28.5 Å². The maximum atomic E-state index is 11.9. The van der Waals surface area contributed by atoms with Crippen LogP contribution in [0.3, 0.4) is 0 Å². The van der Waals surface area contributed by atoms with Crippen molar-refractivity contribution in [2.24, 2.45) is 5.92 Å². The van der Waals surface area contributed by atoms with E-state index in [2.05, 4.69) is 15.6 Å². The summed E-state index contributed by atoms with van der Waals surface area (Å²) in [5.41, 5.74) is 4.62. The van der Waals surface area contributed by atoms with Crippen molar-refractivity contribution in [2.75, 3.05) is 7.11 Å². The molecule has 1 atom stereocenters. The van der Waals surface area contributed by atoms with Crippen LogP contribution in [0.4, 0.5) is 0 Å². The number of hydrogen-bond donors (Lipinski definition) is 1. The summed E-state index contributed by atoms with van der Waals surface area (Å²) in [6.45, 7) is 6.36. The molecule has 0 bridgehead atoms. The van der Waals surface area contributed by atoms with Crippen LogP contribution in [0.5, 0.6) is 17.2 Å². The van der Waals surface area contributed by atoms with Crippen LogP contribution in [-0.2, 0) is 17.9 Å². The first-order valence-corrected chi connectivity index (χ1v) is 14.5. The van der Waals surface area contributed by atoms with E-state index in [0.717, 1.165) is 38.6 Å². The third-order valence-electron chi connectivity index (χ3n) is 7.71. The second kappa shape index (κ2) is 12.2. The Balaban J connectivity index is 1.28. The van der Waals surface area contributed by atoms with Gasteiger partial charge in [-0.2, -0.15) is 0 Å². The Morgan fingerprint density at radius 2 is 1.66 bits per heavy atom. The minimum absolute atomic E-state index is 0.191. The van der Waals surface area contributed by atoms with Gasteiger partial charge in [-0.25, -0.2) is 9.78 Å². The molecular weight excluding hydrogens is 556 g/mol. The SMILES string of the molecule is COc1cc(Cn2c3ccccc3c3c(OC(C(=O)O)C(C)C)cccc32)ccc1OCc1nc(-c2ccccc2)oc1C. The maximum absolute atomic E-state index is 11.9. The van der Waals surface area contributed by atoms with Gasteiger partial charge in [-0.3, -0.25) is 0 Å². The molecule has 2 aromatic heterocycles. The summed E-state index contributed by atoms with van der Waals surface area (Å²) < 4.78 is 26.1. The molecule has 0 aliphatic rings. The topological polar surface area (TPSA) is 96.0 Å². The van der Waals surface area contributed by atoms with Crippen molar-refractivity contribution in [1.29, 1.82) is 0 Å². The number of ether oxygens (including phenoxy) is 3. The number of aryl methyl sites for hydroxylation is 1. The zero-order valence-electron chi connectivity index (χ0n) is 25.1. The standard InChI is InChI=1S/C36H34N2O6/c1-22(2)34(36(39)40)44-31-16-10-15-29-33(31)26-13-8-9-14-28(26)38(29)20-24-17-18-30(32(19-24)41-4)42-21-27-23(3)43-35(37-27)25-11-6-5-7-12-25/h5-19,22,34H,20-21H2,1-4H3,(H,39,40). The van der Waals surface area contributed by atoms with E-state index in [0.29, 0.717) is 35.4 Å². The van der Waals surface area contributed by atoms with E-state index in [1.54, 1.807) is 7.11 Å². The van der Waals surface area contributed by atoms with Gasteiger partial charge in [-0.05, 0) is 55.0 Å². The van der Waals surface area contributed by atoms with Gasteiger partial charge in [0.25, 0.3) is 0 Å². The fraction of sp³-hybridized carbons (Fsp3) is 0.222. The molecule has 8 nitrogen and oxygen atoms in total. The monoisotopic (exact) mass is 590 g/mol. The third kappa shape index (κ3) is 5.58. The lowest BCUT2D eigenvalue weighted by molar-refractivity contribution is -0.147. The first kappa shape index (κ1) is 28.9. The fourth-order valence-corrected chi connectivity index (χ4v) is 5.47. The van der Waals surface area contributed by atoms with Crippen LogP contribution in [0, 0.1) is 12.8 Å². The predicted octanol–water partition coefficient (Wildman–Crippen LogP) is 7.88. The van der Waals surface area contributed by atoms with E-state index < -0.39 is 12.1 Å². The van der Waals surface area contributed by atoms with Gasteiger partial charge in [0.05, 0.1) is 12.6 Å². The van der Waals surface area contributed by atoms with Crippen molar-refractivity contribution >= 4 is 27.8 Å². The summed E-state index contributed by atoms with van der Waals surface area (Å²) in [6, 6.07) is 29.5. The number of hydrogen-bond acceptors (Lipinski definition) is 6. The van der Waals surface area contributed by atoms with Crippen molar-refractivity contribution in [3.63, 3.8) is 0 Å². The number of aromatic nitrogens is 2. The van der Waals surface area contributed by atoms with E-state index in [9.17, 15) is 9.90 Å². The molecule has 44 heavy (non-hydrogen) atoms. The molecule has 0 spiro atoms. The Bertz CT molecular complexity index is 1940. The number of carboxylic acids is 1. The van der Waals surface area contributed by atoms with E-state index in [-0.39, 0.29) is 12.5 Å². The molecule has 6 rings (SSSR count). The molecule has 4 aromatic carbocycles. The highest BCUT2D eigenvalue weighted by Crippen LogP contribution is 2.38. The first-order chi connectivity index (χ1) is 21.3. The number of aliphatic carboxylic acids is 1. The van der Waals surface area contributed by atoms with Crippen molar-refractivity contribution in [1.82, 2.24) is 9.55 Å². The summed E-state index contributed by atoms with van der Waals surface area (Å²) in [6.07, 6.45) is -0.953. The van der Waals surface area contributed by atoms with Gasteiger partial charge in [0, 0.05) is 34.3 Å². The highest BCUT2D eigenvalue weighted by atomic mass is 16.5. The van der Waals surface area contributed by atoms with Gasteiger partial charge in [0.1, 0.15) is 23.8 Å². The summed E-state index contributed by atoms with van der Waals surface area (Å²) in [5.74, 6) is 1.86. The maximum Gasteiger partial charge on any atom is 0.345 e. The van der Waals surface area contributed by atoms with Gasteiger partial charge in [0.15, 0.2) is 17.6 Å². The number of methoxy groups -OCH3 is 1. The van der Waals surface area contributed by atoms with Crippen LogP contribution < -0.4 is 14.2 Å². The third-order valence-corrected chi connectivity index (χ3v) is 7.71. The fourth-order valence-electron chi connectivity index (χ4n) is 5.47. The average molecular weight is 591 g/mol. The van der Waals surface area contributed by atoms with E-state index >= 15 is 0 Å². The zero-order valence-corrected chi connectivity index (χ0v) is 25.1. The minimum atomic E-state index is -0.981. The van der Waals surface area contributed by atoms with Crippen LogP contribution in [0.25, 0.3) is 33.3 Å². The summed E-state index contributed by atoms with van der Waals surface area (Å²) in [5, 5.41) is 11.7. The van der Waals surface area contributed by atoms with Crippen LogP contribution >= 0.6 is 0 Å². The second-order valence-corrected chi connectivity index (χ2v) is 11.0. The highest BCUT2D eigenvalue weighted by molar-refractivity contribution is 6.11. The van der Waals surface area contributed by atoms with E-state index in [1.807, 2.05) is 106 Å². The Morgan fingerprint density at radius 3 is 2.41 bits per heavy atom. The molecule has 1 N–H and O–H groups in total. The normalized spacial score (nSPS) is 12.1. The number of rotatable bonds is 11. The number of oxazole rings is 1. The van der Waals surface area contributed by atoms with Crippen molar-refractivity contribution in [3.05, 3.63) is 108 Å². The summed E-state index contributed by atoms with van der Waals surface area (Å²) >= 11 is 0. The lowest BCUT2D eigenvalue weighted by atomic mass is 10.1. The van der Waals surface area contributed by atoms with Gasteiger partial charge >= 0.3 is 5.97 Å². The lowest BCUT2D eigenvalue weighted by Gasteiger charge is -2.19. The molecular formula is C36H34N2O6. The number of nitrogens with zero attached hydrogens (tertiary/aromatic N) is 2. The number of carbonyl (C=O) groups is 1. The van der Waals surface area contributed by atoms with Crippen LogP contribution in [0.2, 0.25) is 0 Å². The minimum Gasteiger partial charge on any atom is -0.493 e. The van der Waals surface area contributed by atoms with Gasteiger partial charge in [-0.1, -0.05) is 62.4 Å². The van der Waals surface area contributed by atoms with Crippen LogP contribution in [-0.4, -0.2) is 33.8 Å².